The summed E-state index contributed by atoms with van der Waals surface area (Å²) in [6, 6.07) is 5.45. The first-order valence-corrected chi connectivity index (χ1v) is 5.34. The van der Waals surface area contributed by atoms with Gasteiger partial charge in [-0.3, -0.25) is 4.79 Å². The number of benzene rings is 1. The van der Waals surface area contributed by atoms with E-state index in [9.17, 15) is 4.79 Å². The van der Waals surface area contributed by atoms with Crippen molar-refractivity contribution in [1.29, 1.82) is 0 Å². The largest absolute Gasteiger partial charge is 0.341 e. The molecular formula is C12H11N3O. The summed E-state index contributed by atoms with van der Waals surface area (Å²) >= 11 is 0. The summed E-state index contributed by atoms with van der Waals surface area (Å²) in [4.78, 5) is 21.6. The van der Waals surface area contributed by atoms with E-state index in [1.807, 2.05) is 12.1 Å². The predicted octanol–water partition coefficient (Wildman–Crippen LogP) is 1.65. The molecule has 0 radical (unpaired) electrons. The number of carbonyl (C=O) groups excluding carboxylic acids is 1. The van der Waals surface area contributed by atoms with Crippen molar-refractivity contribution in [2.24, 2.45) is 0 Å². The van der Waals surface area contributed by atoms with Crippen LogP contribution in [0.15, 0.2) is 24.4 Å². The van der Waals surface area contributed by atoms with Gasteiger partial charge in [-0.1, -0.05) is 0 Å². The Morgan fingerprint density at radius 3 is 2.88 bits per heavy atom. The van der Waals surface area contributed by atoms with Crippen LogP contribution in [0.1, 0.15) is 16.8 Å². The quantitative estimate of drug-likeness (QED) is 0.712. The second-order valence-electron chi connectivity index (χ2n) is 3.95. The van der Waals surface area contributed by atoms with Crippen molar-refractivity contribution in [1.82, 2.24) is 9.97 Å². The van der Waals surface area contributed by atoms with Crippen LogP contribution in [0.5, 0.6) is 0 Å². The fourth-order valence-corrected chi connectivity index (χ4v) is 1.78. The first kappa shape index (κ1) is 9.27. The van der Waals surface area contributed by atoms with Crippen molar-refractivity contribution in [2.75, 3.05) is 18.0 Å². The maximum atomic E-state index is 10.6. The number of carbonyl (C=O) groups is 1. The van der Waals surface area contributed by atoms with Gasteiger partial charge in [0.1, 0.15) is 6.29 Å². The summed E-state index contributed by atoms with van der Waals surface area (Å²) in [5, 5.41) is 0.911. The van der Waals surface area contributed by atoms with E-state index >= 15 is 0 Å². The lowest BCUT2D eigenvalue weighted by Crippen LogP contribution is -2.38. The van der Waals surface area contributed by atoms with Crippen molar-refractivity contribution in [3.05, 3.63) is 30.0 Å². The zero-order chi connectivity index (χ0) is 11.0. The van der Waals surface area contributed by atoms with Crippen LogP contribution in [0.2, 0.25) is 0 Å². The van der Waals surface area contributed by atoms with Crippen LogP contribution in [0.25, 0.3) is 10.9 Å². The number of hydrogen-bond donors (Lipinski definition) is 0. The van der Waals surface area contributed by atoms with Crippen molar-refractivity contribution in [3.63, 3.8) is 0 Å². The molecule has 1 aliphatic heterocycles. The Balaban J connectivity index is 2.07. The second kappa shape index (κ2) is 3.56. The number of rotatable bonds is 2. The summed E-state index contributed by atoms with van der Waals surface area (Å²) < 4.78 is 0. The molecule has 3 rings (SSSR count). The molecule has 0 amide bonds. The van der Waals surface area contributed by atoms with Gasteiger partial charge in [-0.05, 0) is 24.6 Å². The molecule has 1 aromatic carbocycles. The average molecular weight is 213 g/mol. The van der Waals surface area contributed by atoms with E-state index in [0.29, 0.717) is 5.56 Å². The summed E-state index contributed by atoms with van der Waals surface area (Å²) in [6.07, 6.45) is 3.83. The lowest BCUT2D eigenvalue weighted by molar-refractivity contribution is 0.112. The third-order valence-electron chi connectivity index (χ3n) is 2.87. The second-order valence-corrected chi connectivity index (χ2v) is 3.95. The van der Waals surface area contributed by atoms with E-state index < -0.39 is 0 Å². The minimum Gasteiger partial charge on any atom is -0.341 e. The van der Waals surface area contributed by atoms with E-state index in [1.54, 1.807) is 12.3 Å². The highest BCUT2D eigenvalue weighted by Gasteiger charge is 2.16. The highest BCUT2D eigenvalue weighted by Crippen LogP contribution is 2.19. The maximum Gasteiger partial charge on any atom is 0.225 e. The summed E-state index contributed by atoms with van der Waals surface area (Å²) in [6.45, 7) is 2.08. The van der Waals surface area contributed by atoms with Crippen LogP contribution in [-0.2, 0) is 0 Å². The van der Waals surface area contributed by atoms with Gasteiger partial charge in [0, 0.05) is 30.2 Å². The van der Waals surface area contributed by atoms with Crippen LogP contribution >= 0.6 is 0 Å². The molecule has 1 aromatic heterocycles. The molecule has 2 heterocycles. The zero-order valence-corrected chi connectivity index (χ0v) is 8.76. The Morgan fingerprint density at radius 2 is 2.19 bits per heavy atom. The molecule has 0 saturated carbocycles. The molecule has 80 valence electrons. The molecule has 16 heavy (non-hydrogen) atoms. The van der Waals surface area contributed by atoms with Gasteiger partial charge in [-0.2, -0.15) is 0 Å². The van der Waals surface area contributed by atoms with Crippen molar-refractivity contribution in [3.8, 4) is 0 Å². The number of aromatic nitrogens is 2. The lowest BCUT2D eigenvalue weighted by atomic mass is 10.2. The van der Waals surface area contributed by atoms with Gasteiger partial charge in [0.05, 0.1) is 5.52 Å². The number of anilines is 1. The molecule has 0 spiro atoms. The monoisotopic (exact) mass is 213 g/mol. The summed E-state index contributed by atoms with van der Waals surface area (Å²) in [5.41, 5.74) is 1.55. The Labute approximate surface area is 92.9 Å². The van der Waals surface area contributed by atoms with Gasteiger partial charge in [-0.25, -0.2) is 9.97 Å². The molecule has 1 fully saturated rings. The standard InChI is InChI=1S/C12H11N3O/c16-8-9-2-3-11-10(6-9)7-13-12(14-11)15-4-1-5-15/h2-3,6-8H,1,4-5H2. The van der Waals surface area contributed by atoms with E-state index in [-0.39, 0.29) is 0 Å². The molecule has 0 atom stereocenters. The van der Waals surface area contributed by atoms with Crippen LogP contribution in [0.3, 0.4) is 0 Å². The third-order valence-corrected chi connectivity index (χ3v) is 2.87. The number of aldehydes is 1. The topological polar surface area (TPSA) is 46.1 Å². The van der Waals surface area contributed by atoms with Gasteiger partial charge in [0.2, 0.25) is 5.95 Å². The molecule has 0 aliphatic carbocycles. The van der Waals surface area contributed by atoms with E-state index in [4.69, 9.17) is 0 Å². The van der Waals surface area contributed by atoms with Gasteiger partial charge < -0.3 is 4.90 Å². The van der Waals surface area contributed by atoms with Crippen molar-refractivity contribution >= 4 is 23.1 Å². The molecule has 4 nitrogen and oxygen atoms in total. The first-order chi connectivity index (χ1) is 7.86. The first-order valence-electron chi connectivity index (χ1n) is 5.34. The minimum atomic E-state index is 0.660. The fraction of sp³-hybridized carbons (Fsp3) is 0.250. The van der Waals surface area contributed by atoms with E-state index in [2.05, 4.69) is 14.9 Å². The molecule has 4 heteroatoms. The van der Waals surface area contributed by atoms with Gasteiger partial charge in [-0.15, -0.1) is 0 Å². The predicted molar refractivity (Wildman–Crippen MR) is 61.8 cm³/mol. The molecular weight excluding hydrogens is 202 g/mol. The zero-order valence-electron chi connectivity index (χ0n) is 8.76. The van der Waals surface area contributed by atoms with Gasteiger partial charge in [0.25, 0.3) is 0 Å². The number of hydrogen-bond acceptors (Lipinski definition) is 4. The smallest absolute Gasteiger partial charge is 0.225 e. The Hall–Kier alpha value is -1.97. The van der Waals surface area contributed by atoms with Crippen LogP contribution in [0, 0.1) is 0 Å². The third kappa shape index (κ3) is 1.43. The lowest BCUT2D eigenvalue weighted by Gasteiger charge is -2.30. The fourth-order valence-electron chi connectivity index (χ4n) is 1.78. The Kier molecular flexibility index (Phi) is 2.06. The van der Waals surface area contributed by atoms with Crippen LogP contribution in [-0.4, -0.2) is 29.3 Å². The molecule has 1 aliphatic rings. The van der Waals surface area contributed by atoms with Gasteiger partial charge >= 0.3 is 0 Å². The van der Waals surface area contributed by atoms with Crippen molar-refractivity contribution in [2.45, 2.75) is 6.42 Å². The maximum absolute atomic E-state index is 10.6. The summed E-state index contributed by atoms with van der Waals surface area (Å²) in [5.74, 6) is 0.789. The molecule has 0 N–H and O–H groups in total. The average Bonchev–Trinajstić information content (AvgIpc) is 2.26. The SMILES string of the molecule is O=Cc1ccc2nc(N3CCC3)ncc2c1. The molecule has 2 aromatic rings. The van der Waals surface area contributed by atoms with Crippen LogP contribution < -0.4 is 4.90 Å². The summed E-state index contributed by atoms with van der Waals surface area (Å²) in [7, 11) is 0. The minimum absolute atomic E-state index is 0.660. The van der Waals surface area contributed by atoms with Gasteiger partial charge in [0.15, 0.2) is 0 Å². The number of nitrogens with zero attached hydrogens (tertiary/aromatic N) is 3. The highest BCUT2D eigenvalue weighted by molar-refractivity contribution is 5.86. The van der Waals surface area contributed by atoms with E-state index in [0.717, 1.165) is 36.2 Å². The highest BCUT2D eigenvalue weighted by atomic mass is 16.1. The van der Waals surface area contributed by atoms with E-state index in [1.165, 1.54) is 6.42 Å². The Morgan fingerprint density at radius 1 is 1.31 bits per heavy atom. The number of fused-ring (bicyclic) bond motifs is 1. The van der Waals surface area contributed by atoms with Crippen molar-refractivity contribution < 1.29 is 4.79 Å². The Bertz CT molecular complexity index is 549. The molecule has 0 bridgehead atoms. The van der Waals surface area contributed by atoms with Crippen LogP contribution in [0.4, 0.5) is 5.95 Å². The molecule has 1 saturated heterocycles. The molecule has 0 unspecified atom stereocenters. The normalized spacial score (nSPS) is 14.9.